The number of hydrogen-bond acceptors (Lipinski definition) is 3. The van der Waals surface area contributed by atoms with Gasteiger partial charge in [0.15, 0.2) is 0 Å². The summed E-state index contributed by atoms with van der Waals surface area (Å²) in [6, 6.07) is 3.27. The Balaban J connectivity index is 3.17. The van der Waals surface area contributed by atoms with E-state index in [1.54, 1.807) is 26.0 Å². The number of hydrogen-bond donors (Lipinski definition) is 0. The lowest BCUT2D eigenvalue weighted by Crippen LogP contribution is -2.01. The molecule has 0 aliphatic rings. The number of rotatable bonds is 2. The molecule has 0 radical (unpaired) electrons. The van der Waals surface area contributed by atoms with Gasteiger partial charge in [-0.3, -0.25) is 4.79 Å². The second-order valence-corrected chi connectivity index (χ2v) is 3.25. The molecule has 0 spiro atoms. The highest BCUT2D eigenvalue weighted by molar-refractivity contribution is 6.61. The summed E-state index contributed by atoms with van der Waals surface area (Å²) < 4.78 is 4.79. The third-order valence-corrected chi connectivity index (χ3v) is 1.88. The fraction of sp³-hybridized carbons (Fsp3) is 0.200. The van der Waals surface area contributed by atoms with Crippen LogP contribution in [0.25, 0.3) is 0 Å². The fourth-order valence-corrected chi connectivity index (χ4v) is 1.37. The van der Waals surface area contributed by atoms with Gasteiger partial charge in [0.2, 0.25) is 0 Å². The van der Waals surface area contributed by atoms with Crippen molar-refractivity contribution in [2.75, 3.05) is 0 Å². The predicted molar refractivity (Wildman–Crippen MR) is 53.2 cm³/mol. The van der Waals surface area contributed by atoms with E-state index in [1.165, 1.54) is 0 Å². The summed E-state index contributed by atoms with van der Waals surface area (Å²) in [6.07, 6.45) is 0.742. The summed E-state index contributed by atoms with van der Waals surface area (Å²) in [6.45, 7) is 3.49. The molecule has 0 atom stereocenters. The quantitative estimate of drug-likeness (QED) is 0.559. The Morgan fingerprint density at radius 1 is 1.36 bits per heavy atom. The molecule has 0 fully saturated rings. The van der Waals surface area contributed by atoms with Crippen molar-refractivity contribution in [2.24, 2.45) is 0 Å². The lowest BCUT2D eigenvalue weighted by atomic mass is 10.1. The van der Waals surface area contributed by atoms with E-state index in [9.17, 15) is 9.59 Å². The van der Waals surface area contributed by atoms with E-state index in [4.69, 9.17) is 16.3 Å². The van der Waals surface area contributed by atoms with Gasteiger partial charge in [-0.1, -0.05) is 0 Å². The maximum absolute atomic E-state index is 10.5. The second-order valence-electron chi connectivity index (χ2n) is 2.94. The summed E-state index contributed by atoms with van der Waals surface area (Å²) >= 11 is 5.10. The van der Waals surface area contributed by atoms with Gasteiger partial charge in [0.1, 0.15) is 12.0 Å². The van der Waals surface area contributed by atoms with Crippen molar-refractivity contribution in [3.05, 3.63) is 28.8 Å². The van der Waals surface area contributed by atoms with E-state index in [0.29, 0.717) is 22.4 Å². The molecule has 1 aromatic rings. The van der Waals surface area contributed by atoms with Crippen LogP contribution >= 0.6 is 11.6 Å². The minimum absolute atomic E-state index is 0.413. The van der Waals surface area contributed by atoms with Crippen LogP contribution in [0.4, 0.5) is 4.79 Å². The van der Waals surface area contributed by atoms with Crippen LogP contribution in [0, 0.1) is 13.8 Å². The molecule has 0 aliphatic heterocycles. The van der Waals surface area contributed by atoms with Gasteiger partial charge in [-0.2, -0.15) is 0 Å². The van der Waals surface area contributed by atoms with Crippen LogP contribution in [0.15, 0.2) is 12.1 Å². The first-order valence-electron chi connectivity index (χ1n) is 3.98. The molecule has 0 unspecified atom stereocenters. The number of aldehydes is 1. The van der Waals surface area contributed by atoms with Crippen molar-refractivity contribution in [1.29, 1.82) is 0 Å². The van der Waals surface area contributed by atoms with Gasteiger partial charge in [0.05, 0.1) is 0 Å². The van der Waals surface area contributed by atoms with Gasteiger partial charge in [-0.25, -0.2) is 4.79 Å². The van der Waals surface area contributed by atoms with Crippen molar-refractivity contribution in [3.63, 3.8) is 0 Å². The van der Waals surface area contributed by atoms with Gasteiger partial charge in [-0.15, -0.1) is 0 Å². The van der Waals surface area contributed by atoms with E-state index in [2.05, 4.69) is 0 Å². The number of carbonyl (C=O) groups is 2. The van der Waals surface area contributed by atoms with Crippen molar-refractivity contribution in [3.8, 4) is 5.75 Å². The highest BCUT2D eigenvalue weighted by Crippen LogP contribution is 2.24. The fourth-order valence-electron chi connectivity index (χ4n) is 1.29. The minimum atomic E-state index is -0.880. The first kappa shape index (κ1) is 10.7. The Morgan fingerprint density at radius 3 is 2.21 bits per heavy atom. The highest BCUT2D eigenvalue weighted by atomic mass is 35.5. The maximum Gasteiger partial charge on any atom is 0.409 e. The van der Waals surface area contributed by atoms with Crippen LogP contribution < -0.4 is 4.74 Å². The van der Waals surface area contributed by atoms with Crippen molar-refractivity contribution >= 4 is 23.3 Å². The summed E-state index contributed by atoms with van der Waals surface area (Å²) in [5, 5.41) is 0. The Bertz CT molecular complexity index is 362. The summed E-state index contributed by atoms with van der Waals surface area (Å²) in [5.74, 6) is 0.413. The topological polar surface area (TPSA) is 43.4 Å². The summed E-state index contributed by atoms with van der Waals surface area (Å²) in [4.78, 5) is 21.1. The highest BCUT2D eigenvalue weighted by Gasteiger charge is 2.08. The van der Waals surface area contributed by atoms with Gasteiger partial charge in [-0.05, 0) is 37.1 Å². The molecular weight excluding hydrogens is 204 g/mol. The SMILES string of the molecule is Cc1cc(C=O)cc(C)c1OC(=O)Cl. The molecule has 0 aromatic heterocycles. The monoisotopic (exact) mass is 212 g/mol. The first-order chi connectivity index (χ1) is 6.54. The van der Waals surface area contributed by atoms with E-state index >= 15 is 0 Å². The molecule has 0 saturated carbocycles. The lowest BCUT2D eigenvalue weighted by Gasteiger charge is -2.08. The zero-order valence-electron chi connectivity index (χ0n) is 7.83. The molecule has 14 heavy (non-hydrogen) atoms. The largest absolute Gasteiger partial charge is 0.414 e. The Morgan fingerprint density at radius 2 is 1.86 bits per heavy atom. The molecule has 74 valence electrons. The van der Waals surface area contributed by atoms with Crippen LogP contribution in [0.2, 0.25) is 0 Å². The summed E-state index contributed by atoms with van der Waals surface area (Å²) in [5.41, 5.74) is 1.09. The van der Waals surface area contributed by atoms with Gasteiger partial charge < -0.3 is 4.74 Å². The van der Waals surface area contributed by atoms with Crippen LogP contribution in [0.1, 0.15) is 21.5 Å². The molecule has 0 heterocycles. The number of halogens is 1. The number of benzene rings is 1. The van der Waals surface area contributed by atoms with Crippen molar-refractivity contribution in [2.45, 2.75) is 13.8 Å². The molecule has 1 aromatic carbocycles. The van der Waals surface area contributed by atoms with Gasteiger partial charge in [0, 0.05) is 17.2 Å². The molecule has 3 nitrogen and oxygen atoms in total. The van der Waals surface area contributed by atoms with Crippen LogP contribution in [-0.4, -0.2) is 11.7 Å². The smallest absolute Gasteiger partial charge is 0.409 e. The number of aryl methyl sites for hydroxylation is 2. The lowest BCUT2D eigenvalue weighted by molar-refractivity contribution is 0.112. The van der Waals surface area contributed by atoms with Crippen LogP contribution in [0.3, 0.4) is 0 Å². The third kappa shape index (κ3) is 2.33. The number of ether oxygens (including phenoxy) is 1. The van der Waals surface area contributed by atoms with E-state index in [0.717, 1.165) is 6.29 Å². The minimum Gasteiger partial charge on any atom is -0.414 e. The molecule has 1 rings (SSSR count). The molecule has 0 saturated heterocycles. The van der Waals surface area contributed by atoms with Crippen LogP contribution in [-0.2, 0) is 0 Å². The van der Waals surface area contributed by atoms with Crippen molar-refractivity contribution < 1.29 is 14.3 Å². The third-order valence-electron chi connectivity index (χ3n) is 1.80. The molecule has 0 N–H and O–H groups in total. The van der Waals surface area contributed by atoms with Gasteiger partial charge >= 0.3 is 5.43 Å². The maximum atomic E-state index is 10.5. The zero-order valence-corrected chi connectivity index (χ0v) is 8.59. The van der Waals surface area contributed by atoms with Crippen LogP contribution in [0.5, 0.6) is 5.75 Å². The molecule has 0 aliphatic carbocycles. The van der Waals surface area contributed by atoms with Crippen molar-refractivity contribution in [1.82, 2.24) is 0 Å². The van der Waals surface area contributed by atoms with E-state index < -0.39 is 5.43 Å². The average molecular weight is 213 g/mol. The van der Waals surface area contributed by atoms with E-state index in [1.807, 2.05) is 0 Å². The standard InChI is InChI=1S/C10H9ClO3/c1-6-3-8(5-12)4-7(2)9(6)14-10(11)13/h3-5H,1-2H3. The Hall–Kier alpha value is -1.35. The molecular formula is C10H9ClO3. The molecule has 0 amide bonds. The first-order valence-corrected chi connectivity index (χ1v) is 4.36. The van der Waals surface area contributed by atoms with E-state index in [-0.39, 0.29) is 0 Å². The van der Waals surface area contributed by atoms with Gasteiger partial charge in [0.25, 0.3) is 0 Å². The second kappa shape index (κ2) is 4.24. The summed E-state index contributed by atoms with van der Waals surface area (Å²) in [7, 11) is 0. The molecule has 4 heteroatoms. The zero-order chi connectivity index (χ0) is 10.7. The number of carbonyl (C=O) groups excluding carboxylic acids is 2. The Kier molecular flexibility index (Phi) is 3.25. The predicted octanol–water partition coefficient (Wildman–Crippen LogP) is 2.85. The molecule has 0 bridgehead atoms. The average Bonchev–Trinajstić information content (AvgIpc) is 2.10. The normalized spacial score (nSPS) is 9.64. The Labute approximate surface area is 86.6 Å².